The van der Waals surface area contributed by atoms with Gasteiger partial charge in [0.05, 0.1) is 0 Å². The topological polar surface area (TPSA) is 0 Å². The second-order valence-corrected chi connectivity index (χ2v) is 4.53. The smallest absolute Gasteiger partial charge is 0.343 e. The minimum atomic E-state index is 0. The second-order valence-electron chi connectivity index (χ2n) is 4.53. The zero-order chi connectivity index (χ0) is 13.2. The summed E-state index contributed by atoms with van der Waals surface area (Å²) in [5.41, 5.74) is 2.55. The van der Waals surface area contributed by atoms with Gasteiger partial charge in [-0.15, -0.1) is 0 Å². The minimum absolute atomic E-state index is 0. The third kappa shape index (κ3) is 8.06. The van der Waals surface area contributed by atoms with Crippen molar-refractivity contribution in [3.63, 3.8) is 0 Å². The van der Waals surface area contributed by atoms with Gasteiger partial charge in [-0.25, -0.2) is 0 Å². The molecule has 2 rings (SSSR count). The molecule has 0 aromatic heterocycles. The van der Waals surface area contributed by atoms with E-state index in [1.807, 2.05) is 12.1 Å². The molecule has 0 N–H and O–H groups in total. The Bertz CT molecular complexity index is 367. The molecule has 0 saturated heterocycles. The van der Waals surface area contributed by atoms with Crippen LogP contribution >= 0.6 is 0 Å². The molecule has 1 unspecified atom stereocenters. The summed E-state index contributed by atoms with van der Waals surface area (Å²) >= 11 is 0. The maximum Gasteiger partial charge on any atom is 1.00 e. The van der Waals surface area contributed by atoms with Crippen LogP contribution in [0.3, 0.4) is 0 Å². The largest absolute Gasteiger partial charge is 1.00 e. The molecule has 19 heavy (non-hydrogen) atoms. The Kier molecular flexibility index (Phi) is 11.9. The van der Waals surface area contributed by atoms with E-state index in [1.54, 1.807) is 0 Å². The number of hydrogen-bond acceptors (Lipinski definition) is 0. The summed E-state index contributed by atoms with van der Waals surface area (Å²) in [6, 6.07) is 20.8. The Balaban J connectivity index is 0.000000404. The van der Waals surface area contributed by atoms with Crippen LogP contribution in [0.25, 0.3) is 11.1 Å². The summed E-state index contributed by atoms with van der Waals surface area (Å²) in [5, 5.41) is 0. The predicted octanol–water partition coefficient (Wildman–Crippen LogP) is 2.61. The summed E-state index contributed by atoms with van der Waals surface area (Å²) in [4.78, 5) is 0. The summed E-state index contributed by atoms with van der Waals surface area (Å²) in [7, 11) is 0. The van der Waals surface area contributed by atoms with E-state index in [0.29, 0.717) is 0 Å². The second kappa shape index (κ2) is 11.9. The van der Waals surface area contributed by atoms with Crippen molar-refractivity contribution in [1.82, 2.24) is 0 Å². The zero-order valence-corrected chi connectivity index (χ0v) is 15.6. The van der Waals surface area contributed by atoms with E-state index in [9.17, 15) is 0 Å². The molecule has 0 heterocycles. The molecule has 96 valence electrons. The van der Waals surface area contributed by atoms with Crippen molar-refractivity contribution >= 4 is 0 Å². The first-order valence-electron chi connectivity index (χ1n) is 6.67. The van der Waals surface area contributed by atoms with Crippen molar-refractivity contribution in [2.45, 2.75) is 26.7 Å². The summed E-state index contributed by atoms with van der Waals surface area (Å²) < 4.78 is 0. The van der Waals surface area contributed by atoms with Crippen molar-refractivity contribution in [3.05, 3.63) is 67.6 Å². The van der Waals surface area contributed by atoms with Crippen LogP contribution in [0.4, 0.5) is 0 Å². The van der Waals surface area contributed by atoms with Crippen LogP contribution < -0.4 is 51.4 Å². The van der Waals surface area contributed by atoms with Crippen LogP contribution in [0.1, 0.15) is 26.7 Å². The summed E-state index contributed by atoms with van der Waals surface area (Å²) in [6.07, 6.45) is 2.35. The monoisotopic (exact) mass is 278 g/mol. The van der Waals surface area contributed by atoms with Crippen LogP contribution in [0, 0.1) is 12.8 Å². The van der Waals surface area contributed by atoms with E-state index in [4.69, 9.17) is 0 Å². The predicted molar refractivity (Wildman–Crippen MR) is 81.3 cm³/mol. The molecule has 1 heteroatoms. The molecule has 0 saturated carbocycles. The molecule has 2 aromatic carbocycles. The molecule has 0 fully saturated rings. The number of hydrogen-bond donors (Lipinski definition) is 0. The van der Waals surface area contributed by atoms with Gasteiger partial charge in [-0.2, -0.15) is 6.42 Å². The van der Waals surface area contributed by atoms with Crippen molar-refractivity contribution < 1.29 is 51.4 Å². The molecular formula is C18H23K. The van der Waals surface area contributed by atoms with E-state index in [2.05, 4.69) is 69.3 Å². The van der Waals surface area contributed by atoms with Gasteiger partial charge in [-0.3, -0.25) is 0 Å². The molecule has 0 bridgehead atoms. The Morgan fingerprint density at radius 2 is 1.21 bits per heavy atom. The van der Waals surface area contributed by atoms with Gasteiger partial charge in [-0.1, -0.05) is 86.8 Å². The summed E-state index contributed by atoms with van der Waals surface area (Å²) in [6.45, 7) is 8.16. The van der Waals surface area contributed by atoms with E-state index in [0.717, 1.165) is 12.3 Å². The van der Waals surface area contributed by atoms with Crippen molar-refractivity contribution in [2.75, 3.05) is 0 Å². The Labute approximate surface area is 161 Å². The number of benzene rings is 2. The van der Waals surface area contributed by atoms with Gasteiger partial charge in [0.1, 0.15) is 0 Å². The Morgan fingerprint density at radius 1 is 0.842 bits per heavy atom. The first-order chi connectivity index (χ1) is 8.77. The normalized spacial score (nSPS) is 10.7. The molecule has 0 aliphatic carbocycles. The fourth-order valence-corrected chi connectivity index (χ4v) is 1.47. The van der Waals surface area contributed by atoms with Gasteiger partial charge in [0.25, 0.3) is 0 Å². The average Bonchev–Trinajstić information content (AvgIpc) is 2.49. The van der Waals surface area contributed by atoms with Crippen LogP contribution in [0.5, 0.6) is 0 Å². The average molecular weight is 278 g/mol. The van der Waals surface area contributed by atoms with E-state index in [1.165, 1.54) is 17.5 Å². The van der Waals surface area contributed by atoms with Crippen molar-refractivity contribution in [1.29, 1.82) is 0 Å². The quantitative estimate of drug-likeness (QED) is 0.598. The maximum atomic E-state index is 3.76. The van der Waals surface area contributed by atoms with Gasteiger partial charge < -0.3 is 6.92 Å². The van der Waals surface area contributed by atoms with Gasteiger partial charge in [0.2, 0.25) is 0 Å². The third-order valence-electron chi connectivity index (χ3n) is 3.07. The van der Waals surface area contributed by atoms with Crippen molar-refractivity contribution in [3.8, 4) is 11.1 Å². The SMILES string of the molecule is [CH2-]CC(C)CC.[K+].c1ccc(-c2ccccc2)cc1. The standard InChI is InChI=1S/C12H10.C6H13.K/c1-3-7-11(8-4-1)12-9-5-2-6-10-12;1-4-6(3)5-2;/h1-10H;6H,1,4-5H2,2-3H3;/q;-1;+1. The Hall–Kier alpha value is 0.0764. The van der Waals surface area contributed by atoms with Crippen LogP contribution in [0.2, 0.25) is 0 Å². The first kappa shape index (κ1) is 19.1. The van der Waals surface area contributed by atoms with E-state index < -0.39 is 0 Å². The fourth-order valence-electron chi connectivity index (χ4n) is 1.47. The van der Waals surface area contributed by atoms with Crippen LogP contribution in [0.15, 0.2) is 60.7 Å². The third-order valence-corrected chi connectivity index (χ3v) is 3.07. The summed E-state index contributed by atoms with van der Waals surface area (Å²) in [5.74, 6) is 0.824. The molecule has 0 aliphatic rings. The van der Waals surface area contributed by atoms with Gasteiger partial charge in [0.15, 0.2) is 0 Å². The van der Waals surface area contributed by atoms with Gasteiger partial charge in [-0.05, 0) is 11.1 Å². The molecular weight excluding hydrogens is 255 g/mol. The number of rotatable bonds is 3. The first-order valence-corrected chi connectivity index (χ1v) is 6.67. The van der Waals surface area contributed by atoms with Crippen LogP contribution in [-0.2, 0) is 0 Å². The van der Waals surface area contributed by atoms with Gasteiger partial charge in [0, 0.05) is 0 Å². The molecule has 0 spiro atoms. The molecule has 0 amide bonds. The van der Waals surface area contributed by atoms with Gasteiger partial charge >= 0.3 is 51.4 Å². The Morgan fingerprint density at radius 3 is 1.42 bits per heavy atom. The van der Waals surface area contributed by atoms with Crippen molar-refractivity contribution in [2.24, 2.45) is 5.92 Å². The van der Waals surface area contributed by atoms with E-state index >= 15 is 0 Å². The van der Waals surface area contributed by atoms with Crippen LogP contribution in [-0.4, -0.2) is 0 Å². The molecule has 2 aromatic rings. The molecule has 1 atom stereocenters. The molecule has 0 nitrogen and oxygen atoms in total. The fraction of sp³-hybridized carbons (Fsp3) is 0.278. The van der Waals surface area contributed by atoms with E-state index in [-0.39, 0.29) is 51.4 Å². The maximum absolute atomic E-state index is 3.76. The minimum Gasteiger partial charge on any atom is -0.343 e. The molecule has 0 radical (unpaired) electrons. The molecule has 0 aliphatic heterocycles. The zero-order valence-electron chi connectivity index (χ0n) is 12.5.